The Hall–Kier alpha value is -3.39. The minimum absolute atomic E-state index is 0.293. The van der Waals surface area contributed by atoms with Crippen LogP contribution in [0.15, 0.2) is 86.1 Å². The van der Waals surface area contributed by atoms with E-state index in [2.05, 4.69) is 4.99 Å². The average Bonchev–Trinajstić information content (AvgIpc) is 3.43. The maximum absolute atomic E-state index is 13.6. The number of halogens is 2. The van der Waals surface area contributed by atoms with Gasteiger partial charge in [0.1, 0.15) is 11.5 Å². The Kier molecular flexibility index (Phi) is 6.23. The lowest BCUT2D eigenvalue weighted by Crippen LogP contribution is -2.39. The minimum atomic E-state index is -0.701. The highest BCUT2D eigenvalue weighted by molar-refractivity contribution is 7.07. The molecular formula is C26H18Cl2N2O4S. The molecule has 6 nitrogen and oxygen atoms in total. The number of benzene rings is 2. The van der Waals surface area contributed by atoms with Crippen LogP contribution < -0.4 is 14.9 Å². The fourth-order valence-corrected chi connectivity index (χ4v) is 5.40. The summed E-state index contributed by atoms with van der Waals surface area (Å²) < 4.78 is 12.9. The topological polar surface area (TPSA) is 73.8 Å². The lowest BCUT2D eigenvalue weighted by atomic mass is 9.96. The van der Waals surface area contributed by atoms with E-state index in [0.29, 0.717) is 42.2 Å². The van der Waals surface area contributed by atoms with Gasteiger partial charge in [-0.05, 0) is 48.9 Å². The number of ether oxygens (including phenoxy) is 1. The Morgan fingerprint density at radius 3 is 2.57 bits per heavy atom. The van der Waals surface area contributed by atoms with Crippen LogP contribution in [-0.2, 0) is 9.53 Å². The molecule has 1 aliphatic rings. The molecule has 0 N–H and O–H groups in total. The van der Waals surface area contributed by atoms with Crippen LogP contribution >= 0.6 is 34.5 Å². The quantitative estimate of drug-likeness (QED) is 0.353. The van der Waals surface area contributed by atoms with Gasteiger partial charge in [0.2, 0.25) is 0 Å². The summed E-state index contributed by atoms with van der Waals surface area (Å²) in [5, 5.41) is 1.12. The van der Waals surface area contributed by atoms with Gasteiger partial charge in [0.05, 0.1) is 34.0 Å². The number of allylic oxidation sites excluding steroid dienone is 1. The maximum atomic E-state index is 13.6. The van der Waals surface area contributed by atoms with Gasteiger partial charge in [0.25, 0.3) is 5.56 Å². The molecule has 0 radical (unpaired) electrons. The van der Waals surface area contributed by atoms with E-state index in [-0.39, 0.29) is 5.56 Å². The van der Waals surface area contributed by atoms with E-state index in [9.17, 15) is 9.59 Å². The zero-order valence-corrected chi connectivity index (χ0v) is 20.9. The summed E-state index contributed by atoms with van der Waals surface area (Å²) in [4.78, 5) is 31.3. The van der Waals surface area contributed by atoms with Crippen LogP contribution in [0, 0.1) is 0 Å². The molecule has 2 aromatic heterocycles. The first-order chi connectivity index (χ1) is 16.9. The van der Waals surface area contributed by atoms with Gasteiger partial charge in [0, 0.05) is 16.7 Å². The Balaban J connectivity index is 1.66. The zero-order valence-electron chi connectivity index (χ0n) is 18.6. The summed E-state index contributed by atoms with van der Waals surface area (Å²) in [7, 11) is 1.31. The lowest BCUT2D eigenvalue weighted by molar-refractivity contribution is -0.136. The van der Waals surface area contributed by atoms with Crippen molar-refractivity contribution in [1.82, 2.24) is 4.57 Å². The Morgan fingerprint density at radius 2 is 1.86 bits per heavy atom. The van der Waals surface area contributed by atoms with Crippen LogP contribution in [-0.4, -0.2) is 17.6 Å². The molecule has 176 valence electrons. The fraction of sp³-hybridized carbons (Fsp3) is 0.115. The third-order valence-electron chi connectivity index (χ3n) is 5.65. The zero-order chi connectivity index (χ0) is 24.7. The van der Waals surface area contributed by atoms with Gasteiger partial charge in [-0.25, -0.2) is 9.79 Å². The first-order valence-corrected chi connectivity index (χ1v) is 12.2. The first kappa shape index (κ1) is 23.4. The number of fused-ring (bicyclic) bond motifs is 1. The van der Waals surface area contributed by atoms with Gasteiger partial charge in [-0.2, -0.15) is 0 Å². The van der Waals surface area contributed by atoms with Crippen LogP contribution in [0.2, 0.25) is 10.0 Å². The van der Waals surface area contributed by atoms with Gasteiger partial charge in [-0.15, -0.1) is 0 Å². The molecule has 0 unspecified atom stereocenters. The second-order valence-corrected chi connectivity index (χ2v) is 9.66. The molecule has 0 bridgehead atoms. The molecule has 1 atom stereocenters. The summed E-state index contributed by atoms with van der Waals surface area (Å²) in [6, 6.07) is 17.3. The highest BCUT2D eigenvalue weighted by atomic mass is 35.5. The van der Waals surface area contributed by atoms with Gasteiger partial charge in [-0.3, -0.25) is 9.36 Å². The Morgan fingerprint density at radius 1 is 1.11 bits per heavy atom. The predicted molar refractivity (Wildman–Crippen MR) is 136 cm³/mol. The third-order valence-corrected chi connectivity index (χ3v) is 7.22. The van der Waals surface area contributed by atoms with Crippen LogP contribution in [0.4, 0.5) is 0 Å². The standard InChI is InChI=1S/C26H18Cl2N2O4S/c1-14-22(25(32)33-2)23(15-7-9-16(27)10-8-15)30-24(31)21(35-26(30)29-14)13-17-11-12-20(34-17)18-5-3-4-6-19(18)28/h3-13,23H,1-2H3/b21-13+/t23-/m0/s1. The lowest BCUT2D eigenvalue weighted by Gasteiger charge is -2.24. The van der Waals surface area contributed by atoms with E-state index >= 15 is 0 Å². The summed E-state index contributed by atoms with van der Waals surface area (Å²) >= 11 is 13.6. The third kappa shape index (κ3) is 4.27. The first-order valence-electron chi connectivity index (χ1n) is 10.6. The molecule has 35 heavy (non-hydrogen) atoms. The molecule has 0 saturated heterocycles. The molecule has 5 rings (SSSR count). The van der Waals surface area contributed by atoms with Crippen LogP contribution in [0.3, 0.4) is 0 Å². The molecular weight excluding hydrogens is 507 g/mol. The average molecular weight is 525 g/mol. The van der Waals surface area contributed by atoms with Gasteiger partial charge in [0.15, 0.2) is 4.80 Å². The van der Waals surface area contributed by atoms with Gasteiger partial charge >= 0.3 is 5.97 Å². The van der Waals surface area contributed by atoms with Crippen LogP contribution in [0.5, 0.6) is 0 Å². The summed E-state index contributed by atoms with van der Waals surface area (Å²) in [6.07, 6.45) is 1.67. The minimum Gasteiger partial charge on any atom is -0.466 e. The summed E-state index contributed by atoms with van der Waals surface area (Å²) in [6.45, 7) is 1.73. The maximum Gasteiger partial charge on any atom is 0.338 e. The smallest absolute Gasteiger partial charge is 0.338 e. The van der Waals surface area contributed by atoms with Crippen molar-refractivity contribution in [2.75, 3.05) is 7.11 Å². The number of hydrogen-bond acceptors (Lipinski definition) is 6. The number of carbonyl (C=O) groups excluding carboxylic acids is 1. The number of carbonyl (C=O) groups is 1. The van der Waals surface area contributed by atoms with E-state index in [1.807, 2.05) is 18.2 Å². The summed E-state index contributed by atoms with van der Waals surface area (Å²) in [5.41, 5.74) is 1.97. The molecule has 0 amide bonds. The number of nitrogens with zero attached hydrogens (tertiary/aromatic N) is 2. The molecule has 1 aliphatic heterocycles. The van der Waals surface area contributed by atoms with Crippen molar-refractivity contribution in [3.8, 4) is 11.3 Å². The van der Waals surface area contributed by atoms with Crippen LogP contribution in [0.25, 0.3) is 17.4 Å². The highest BCUT2D eigenvalue weighted by Gasteiger charge is 2.33. The van der Waals surface area contributed by atoms with Crippen molar-refractivity contribution < 1.29 is 13.9 Å². The fourth-order valence-electron chi connectivity index (χ4n) is 4.02. The number of furan rings is 1. The van der Waals surface area contributed by atoms with Crippen molar-refractivity contribution >= 4 is 46.6 Å². The number of thiazole rings is 1. The molecule has 0 aliphatic carbocycles. The summed E-state index contributed by atoms with van der Waals surface area (Å²) in [5.74, 6) is 0.547. The second-order valence-electron chi connectivity index (χ2n) is 7.81. The monoisotopic (exact) mass is 524 g/mol. The van der Waals surface area contributed by atoms with Gasteiger partial charge < -0.3 is 9.15 Å². The highest BCUT2D eigenvalue weighted by Crippen LogP contribution is 2.32. The normalized spacial score (nSPS) is 15.7. The van der Waals surface area contributed by atoms with Crippen molar-refractivity contribution in [1.29, 1.82) is 0 Å². The van der Waals surface area contributed by atoms with Crippen molar-refractivity contribution in [3.63, 3.8) is 0 Å². The molecule has 0 fully saturated rings. The van der Waals surface area contributed by atoms with E-state index in [1.165, 1.54) is 23.0 Å². The second kappa shape index (κ2) is 9.34. The number of hydrogen-bond donors (Lipinski definition) is 0. The van der Waals surface area contributed by atoms with Crippen molar-refractivity contribution in [2.24, 2.45) is 4.99 Å². The van der Waals surface area contributed by atoms with Gasteiger partial charge in [-0.1, -0.05) is 58.8 Å². The molecule has 3 heterocycles. The van der Waals surface area contributed by atoms with E-state index in [1.54, 1.807) is 55.5 Å². The van der Waals surface area contributed by atoms with E-state index < -0.39 is 12.0 Å². The molecule has 0 saturated carbocycles. The largest absolute Gasteiger partial charge is 0.466 e. The molecule has 4 aromatic rings. The number of methoxy groups -OCH3 is 1. The SMILES string of the molecule is COC(=O)C1=C(C)N=c2s/c(=C/c3ccc(-c4ccccc4Cl)o3)c(=O)n2[C@H]1c1ccc(Cl)cc1. The van der Waals surface area contributed by atoms with Crippen LogP contribution in [0.1, 0.15) is 24.3 Å². The number of rotatable bonds is 4. The molecule has 0 spiro atoms. The predicted octanol–water partition coefficient (Wildman–Crippen LogP) is 4.98. The van der Waals surface area contributed by atoms with Crippen molar-refractivity contribution in [3.05, 3.63) is 113 Å². The van der Waals surface area contributed by atoms with E-state index in [4.69, 9.17) is 32.4 Å². The Labute approximate surface area is 214 Å². The number of aromatic nitrogens is 1. The van der Waals surface area contributed by atoms with Crippen molar-refractivity contribution in [2.45, 2.75) is 13.0 Å². The molecule has 2 aromatic carbocycles. The molecule has 9 heteroatoms. The number of esters is 1. The van der Waals surface area contributed by atoms with E-state index in [0.717, 1.165) is 11.1 Å². The Bertz CT molecular complexity index is 1660.